The van der Waals surface area contributed by atoms with Crippen molar-refractivity contribution in [3.05, 3.63) is 93.0 Å². The summed E-state index contributed by atoms with van der Waals surface area (Å²) in [6.45, 7) is 24.5. The second-order valence-electron chi connectivity index (χ2n) is 16.2. The monoisotopic (exact) mass is 746 g/mol. The average Bonchev–Trinajstić information content (AvgIpc) is 2.92. The van der Waals surface area contributed by atoms with Gasteiger partial charge >= 0.3 is 16.5 Å². The van der Waals surface area contributed by atoms with Crippen LogP contribution in [0.2, 0.25) is 10.0 Å². The summed E-state index contributed by atoms with van der Waals surface area (Å²) in [6.07, 6.45) is 7.46. The van der Waals surface area contributed by atoms with E-state index >= 15 is 0 Å². The van der Waals surface area contributed by atoms with Gasteiger partial charge in [0, 0.05) is 21.2 Å². The zero-order valence-corrected chi connectivity index (χ0v) is 32.9. The zero-order chi connectivity index (χ0) is 36.6. The third kappa shape index (κ3) is 10.9. The maximum atomic E-state index is 12.9. The molecule has 4 rings (SSSR count). The van der Waals surface area contributed by atoms with E-state index in [9.17, 15) is 19.8 Å². The second-order valence-corrected chi connectivity index (χ2v) is 17.1. The minimum atomic E-state index is -0.308. The zero-order valence-electron chi connectivity index (χ0n) is 30.4. The minimum Gasteiger partial charge on any atom is -0.871 e. The van der Waals surface area contributed by atoms with Crippen molar-refractivity contribution in [3.8, 4) is 11.5 Å². The summed E-state index contributed by atoms with van der Waals surface area (Å²) < 4.78 is 0. The smallest absolute Gasteiger partial charge is 0.871 e. The van der Waals surface area contributed by atoms with Crippen molar-refractivity contribution in [2.75, 3.05) is 0 Å². The Labute approximate surface area is 311 Å². The molecule has 2 aromatic carbocycles. The molecule has 0 atom stereocenters. The molecule has 0 amide bonds. The Balaban J connectivity index is 0.000000333. The molecule has 0 radical (unpaired) electrons. The Morgan fingerprint density at radius 1 is 0.510 bits per heavy atom. The molecule has 49 heavy (non-hydrogen) atoms. The van der Waals surface area contributed by atoms with Crippen molar-refractivity contribution < 1.29 is 36.3 Å². The molecule has 9 heteroatoms. The van der Waals surface area contributed by atoms with E-state index in [1.165, 1.54) is 36.4 Å². The van der Waals surface area contributed by atoms with E-state index < -0.39 is 0 Å². The molecule has 0 saturated heterocycles. The number of allylic oxidation sites excluding steroid dienone is 8. The third-order valence-corrected chi connectivity index (χ3v) is 8.28. The van der Waals surface area contributed by atoms with Crippen molar-refractivity contribution >= 4 is 57.6 Å². The number of halogens is 2. The summed E-state index contributed by atoms with van der Waals surface area (Å²) in [5, 5.41) is 24.8. The van der Waals surface area contributed by atoms with Crippen LogP contribution >= 0.6 is 23.2 Å². The van der Waals surface area contributed by atoms with E-state index in [2.05, 4.69) is 51.5 Å². The first-order valence-electron chi connectivity index (χ1n) is 15.9. The van der Waals surface area contributed by atoms with Gasteiger partial charge in [-0.2, -0.15) is 0 Å². The predicted molar refractivity (Wildman–Crippen MR) is 196 cm³/mol. The molecule has 2 aliphatic carbocycles. The summed E-state index contributed by atoms with van der Waals surface area (Å²) in [5.74, 6) is -0.792. The molecule has 0 bridgehead atoms. The van der Waals surface area contributed by atoms with Gasteiger partial charge in [-0.15, -0.1) is 0 Å². The maximum absolute atomic E-state index is 12.9. The van der Waals surface area contributed by atoms with Crippen LogP contribution in [0.3, 0.4) is 0 Å². The predicted octanol–water partition coefficient (Wildman–Crippen LogP) is 10.0. The van der Waals surface area contributed by atoms with Crippen molar-refractivity contribution in [1.29, 1.82) is 0 Å². The van der Waals surface area contributed by atoms with Crippen LogP contribution in [0.5, 0.6) is 11.5 Å². The standard InChI is InChI=1S/2C20H24ClNO2.Ni/c2*1-19(2,3)12-9-14(20(4,5)6)18(24)16(10-12)22-15-11-13(21)7-8-17(15)23;/h2*7-11,23H,1-6H3;/q;;+2/p-2. The largest absolute Gasteiger partial charge is 2.00 e. The maximum Gasteiger partial charge on any atom is 2.00 e. The molecule has 2 aliphatic rings. The van der Waals surface area contributed by atoms with Crippen LogP contribution in [0.15, 0.2) is 93.0 Å². The molecule has 0 fully saturated rings. The van der Waals surface area contributed by atoms with Crippen LogP contribution in [0, 0.1) is 21.7 Å². The van der Waals surface area contributed by atoms with E-state index in [0.29, 0.717) is 21.2 Å². The Hall–Kier alpha value is -3.25. The van der Waals surface area contributed by atoms with Crippen LogP contribution in [-0.2, 0) is 26.1 Å². The Morgan fingerprint density at radius 3 is 1.08 bits per heavy atom. The van der Waals surface area contributed by atoms with Crippen LogP contribution in [0.25, 0.3) is 0 Å². The second kappa shape index (κ2) is 15.3. The number of rotatable bonds is 2. The van der Waals surface area contributed by atoms with Gasteiger partial charge in [-0.05, 0) is 69.2 Å². The molecule has 0 heterocycles. The van der Waals surface area contributed by atoms with Crippen LogP contribution < -0.4 is 10.2 Å². The average molecular weight is 748 g/mol. The summed E-state index contributed by atoms with van der Waals surface area (Å²) >= 11 is 11.9. The molecule has 6 nitrogen and oxygen atoms in total. The number of benzene rings is 2. The molecule has 0 aromatic heterocycles. The van der Waals surface area contributed by atoms with Gasteiger partial charge in [-0.25, -0.2) is 9.98 Å². The normalized spacial score (nSPS) is 17.4. The van der Waals surface area contributed by atoms with E-state index in [0.717, 1.165) is 11.1 Å². The van der Waals surface area contributed by atoms with Gasteiger partial charge in [0.1, 0.15) is 11.4 Å². The number of carbonyl (C=O) groups excluding carboxylic acids is 2. The number of hydrogen-bond acceptors (Lipinski definition) is 6. The SMILES string of the molecule is CC(C)(C)C1=CC(=Nc2cc(Cl)ccc2[O-])C(=O)C(C(C)(C)C)=C1.CC(C)(C)C1=CC(=Nc2cc(Cl)ccc2[O-])C(=O)C(C(C)(C)C)=C1.[Ni+2]. The van der Waals surface area contributed by atoms with Crippen LogP contribution in [-0.4, -0.2) is 23.0 Å². The molecule has 0 aliphatic heterocycles. The summed E-state index contributed by atoms with van der Waals surface area (Å²) in [6, 6.07) is 8.75. The Morgan fingerprint density at radius 2 is 0.816 bits per heavy atom. The fraction of sp³-hybridized carbons (Fsp3) is 0.400. The summed E-state index contributed by atoms with van der Waals surface area (Å²) in [7, 11) is 0. The van der Waals surface area contributed by atoms with Gasteiger partial charge in [0.25, 0.3) is 0 Å². The Bertz CT molecular complexity index is 1680. The number of ketones is 2. The van der Waals surface area contributed by atoms with Crippen molar-refractivity contribution in [3.63, 3.8) is 0 Å². The minimum absolute atomic E-state index is 0. The molecule has 0 saturated carbocycles. The third-order valence-electron chi connectivity index (χ3n) is 7.81. The summed E-state index contributed by atoms with van der Waals surface area (Å²) in [4.78, 5) is 34.4. The molecule has 0 spiro atoms. The first-order valence-corrected chi connectivity index (χ1v) is 16.6. The van der Waals surface area contributed by atoms with Gasteiger partial charge in [0.2, 0.25) is 11.6 Å². The van der Waals surface area contributed by atoms with Crippen LogP contribution in [0.1, 0.15) is 83.1 Å². The number of aliphatic imine (C=N–C) groups is 2. The van der Waals surface area contributed by atoms with E-state index in [4.69, 9.17) is 23.2 Å². The van der Waals surface area contributed by atoms with Gasteiger partial charge in [-0.3, -0.25) is 9.59 Å². The van der Waals surface area contributed by atoms with Gasteiger partial charge in [0.05, 0.1) is 11.4 Å². The van der Waals surface area contributed by atoms with E-state index in [1.807, 2.05) is 53.7 Å². The fourth-order valence-corrected chi connectivity index (χ4v) is 5.12. The quantitative estimate of drug-likeness (QED) is 0.225. The fourth-order valence-electron chi connectivity index (χ4n) is 4.79. The molecule has 0 unspecified atom stereocenters. The number of nitrogens with zero attached hydrogens (tertiary/aromatic N) is 2. The number of Topliss-reactive ketones (excluding diaryl/α,β-unsaturated/α-hetero) is 2. The van der Waals surface area contributed by atoms with Gasteiger partial charge in [0.15, 0.2) is 0 Å². The molecule has 2 aromatic rings. The first kappa shape index (κ1) is 41.9. The molecule has 0 N–H and O–H groups in total. The van der Waals surface area contributed by atoms with Crippen molar-refractivity contribution in [1.82, 2.24) is 0 Å². The van der Waals surface area contributed by atoms with E-state index in [-0.39, 0.29) is 84.0 Å². The number of hydrogen-bond donors (Lipinski definition) is 0. The molecule has 264 valence electrons. The molecular formula is C40H46Cl2N2NiO4. The Kier molecular flexibility index (Phi) is 13.1. The van der Waals surface area contributed by atoms with Crippen LogP contribution in [0.4, 0.5) is 11.4 Å². The van der Waals surface area contributed by atoms with Crippen molar-refractivity contribution in [2.24, 2.45) is 31.6 Å². The topological polar surface area (TPSA) is 105 Å². The van der Waals surface area contributed by atoms with Crippen molar-refractivity contribution in [2.45, 2.75) is 83.1 Å². The molecular weight excluding hydrogens is 702 g/mol. The number of carbonyl (C=O) groups is 2. The van der Waals surface area contributed by atoms with E-state index in [1.54, 1.807) is 12.2 Å². The summed E-state index contributed by atoms with van der Waals surface area (Å²) in [5.41, 5.74) is 3.48. The van der Waals surface area contributed by atoms with Gasteiger partial charge in [-0.1, -0.05) is 142 Å². The van der Waals surface area contributed by atoms with Gasteiger partial charge < -0.3 is 10.2 Å². The first-order chi connectivity index (χ1) is 21.8.